The van der Waals surface area contributed by atoms with Crippen molar-refractivity contribution in [2.24, 2.45) is 5.92 Å². The molecule has 0 saturated carbocycles. The topological polar surface area (TPSA) is 35.5 Å². The summed E-state index contributed by atoms with van der Waals surface area (Å²) in [6, 6.07) is 24.5. The Balaban J connectivity index is 1.76. The van der Waals surface area contributed by atoms with Gasteiger partial charge in [0, 0.05) is 0 Å². The lowest BCUT2D eigenvalue weighted by Gasteiger charge is -2.22. The van der Waals surface area contributed by atoms with Crippen molar-refractivity contribution in [1.82, 2.24) is 0 Å². The van der Waals surface area contributed by atoms with Crippen molar-refractivity contribution in [3.05, 3.63) is 89.5 Å². The third kappa shape index (κ3) is 6.00. The second kappa shape index (κ2) is 10.0. The Hall–Kier alpha value is -3.07. The van der Waals surface area contributed by atoms with Gasteiger partial charge in [0.15, 0.2) is 0 Å². The molecule has 3 rings (SSSR count). The lowest BCUT2D eigenvalue weighted by Crippen LogP contribution is -2.11. The van der Waals surface area contributed by atoms with Crippen LogP contribution < -0.4 is 4.74 Å². The highest BCUT2D eigenvalue weighted by atomic mass is 16.5. The van der Waals surface area contributed by atoms with E-state index >= 15 is 0 Å². The molecule has 0 aliphatic rings. The Morgan fingerprint density at radius 1 is 0.812 bits per heavy atom. The molecule has 0 aliphatic heterocycles. The van der Waals surface area contributed by atoms with E-state index in [1.165, 1.54) is 23.8 Å². The number of carbonyl (C=O) groups is 1. The summed E-state index contributed by atoms with van der Waals surface area (Å²) in [5.41, 5.74) is 5.43. The number of hydrogen-bond acceptors (Lipinski definition) is 3. The number of esters is 1. The third-order valence-electron chi connectivity index (χ3n) is 5.61. The van der Waals surface area contributed by atoms with E-state index in [0.717, 1.165) is 17.7 Å². The molecular formula is C29H34O3. The van der Waals surface area contributed by atoms with Gasteiger partial charge in [-0.05, 0) is 64.3 Å². The molecule has 0 saturated heterocycles. The molecule has 0 N–H and O–H groups in total. The van der Waals surface area contributed by atoms with Crippen LogP contribution in [0.15, 0.2) is 72.8 Å². The fraction of sp³-hybridized carbons (Fsp3) is 0.345. The van der Waals surface area contributed by atoms with E-state index in [1.807, 2.05) is 24.3 Å². The first-order valence-electron chi connectivity index (χ1n) is 11.2. The predicted octanol–water partition coefficient (Wildman–Crippen LogP) is 7.60. The Kier molecular flexibility index (Phi) is 7.40. The molecule has 1 unspecified atom stereocenters. The van der Waals surface area contributed by atoms with Crippen molar-refractivity contribution < 1.29 is 14.3 Å². The second-order valence-corrected chi connectivity index (χ2v) is 9.70. The number of hydrogen-bond donors (Lipinski definition) is 0. The van der Waals surface area contributed by atoms with E-state index in [9.17, 15) is 4.79 Å². The van der Waals surface area contributed by atoms with Crippen LogP contribution in [0.5, 0.6) is 5.75 Å². The molecule has 0 radical (unpaired) electrons. The van der Waals surface area contributed by atoms with E-state index < -0.39 is 0 Å². The van der Waals surface area contributed by atoms with Crippen molar-refractivity contribution in [3.8, 4) is 16.9 Å². The van der Waals surface area contributed by atoms with Crippen LogP contribution in [0, 0.1) is 5.92 Å². The maximum atomic E-state index is 11.7. The largest absolute Gasteiger partial charge is 0.486 e. The number of rotatable bonds is 7. The summed E-state index contributed by atoms with van der Waals surface area (Å²) in [5, 5.41) is 0. The van der Waals surface area contributed by atoms with Crippen molar-refractivity contribution >= 4 is 5.97 Å². The minimum Gasteiger partial charge on any atom is -0.486 e. The van der Waals surface area contributed by atoms with Crippen LogP contribution >= 0.6 is 0 Å². The average Bonchev–Trinajstić information content (AvgIpc) is 2.78. The van der Waals surface area contributed by atoms with Gasteiger partial charge in [-0.25, -0.2) is 4.79 Å². The molecule has 3 heteroatoms. The van der Waals surface area contributed by atoms with Crippen LogP contribution in [0.25, 0.3) is 11.1 Å². The molecule has 0 heterocycles. The standard InChI is InChI=1S/C29H34O3/c1-20(2)19-27(23-7-9-24(10-8-23)28(30)31-6)32-26-17-13-22(14-18-26)21-11-15-25(16-12-21)29(3,4)5/h7-18,20,27H,19H2,1-6H3. The van der Waals surface area contributed by atoms with Gasteiger partial charge in [-0.15, -0.1) is 0 Å². The van der Waals surface area contributed by atoms with Gasteiger partial charge in [0.1, 0.15) is 11.9 Å². The Labute approximate surface area is 192 Å². The second-order valence-electron chi connectivity index (χ2n) is 9.70. The highest BCUT2D eigenvalue weighted by Crippen LogP contribution is 2.31. The van der Waals surface area contributed by atoms with Crippen molar-refractivity contribution in [3.63, 3.8) is 0 Å². The first kappa shape index (κ1) is 23.6. The summed E-state index contributed by atoms with van der Waals surface area (Å²) in [4.78, 5) is 11.7. The van der Waals surface area contributed by atoms with E-state index in [2.05, 4.69) is 71.0 Å². The Bertz CT molecular complexity index is 1010. The highest BCUT2D eigenvalue weighted by molar-refractivity contribution is 5.89. The van der Waals surface area contributed by atoms with Gasteiger partial charge in [-0.3, -0.25) is 0 Å². The first-order chi connectivity index (χ1) is 15.2. The van der Waals surface area contributed by atoms with Crippen molar-refractivity contribution in [2.45, 2.75) is 52.6 Å². The van der Waals surface area contributed by atoms with Gasteiger partial charge in [0.2, 0.25) is 0 Å². The van der Waals surface area contributed by atoms with Gasteiger partial charge >= 0.3 is 5.97 Å². The van der Waals surface area contributed by atoms with E-state index in [4.69, 9.17) is 9.47 Å². The highest BCUT2D eigenvalue weighted by Gasteiger charge is 2.17. The van der Waals surface area contributed by atoms with Crippen LogP contribution in [-0.4, -0.2) is 13.1 Å². The van der Waals surface area contributed by atoms with Gasteiger partial charge in [-0.2, -0.15) is 0 Å². The fourth-order valence-electron chi connectivity index (χ4n) is 3.68. The first-order valence-corrected chi connectivity index (χ1v) is 11.2. The summed E-state index contributed by atoms with van der Waals surface area (Å²) in [5.74, 6) is 0.979. The summed E-state index contributed by atoms with van der Waals surface area (Å²) < 4.78 is 11.2. The zero-order valence-electron chi connectivity index (χ0n) is 20.0. The SMILES string of the molecule is COC(=O)c1ccc(C(CC(C)C)Oc2ccc(-c3ccc(C(C)(C)C)cc3)cc2)cc1. The van der Waals surface area contributed by atoms with Crippen LogP contribution in [0.2, 0.25) is 0 Å². The molecule has 3 nitrogen and oxygen atoms in total. The molecule has 0 aromatic heterocycles. The summed E-state index contributed by atoms with van der Waals surface area (Å²) in [7, 11) is 1.39. The third-order valence-corrected chi connectivity index (χ3v) is 5.61. The molecular weight excluding hydrogens is 396 g/mol. The van der Waals surface area contributed by atoms with Gasteiger partial charge in [0.25, 0.3) is 0 Å². The maximum absolute atomic E-state index is 11.7. The molecule has 3 aromatic rings. The van der Waals surface area contributed by atoms with Crippen molar-refractivity contribution in [1.29, 1.82) is 0 Å². The molecule has 168 valence electrons. The molecule has 1 atom stereocenters. The number of benzene rings is 3. The number of carbonyl (C=O) groups excluding carboxylic acids is 1. The van der Waals surface area contributed by atoms with E-state index in [0.29, 0.717) is 11.5 Å². The minimum absolute atomic E-state index is 0.0846. The fourth-order valence-corrected chi connectivity index (χ4v) is 3.68. The van der Waals surface area contributed by atoms with Crippen LogP contribution in [0.3, 0.4) is 0 Å². The predicted molar refractivity (Wildman–Crippen MR) is 131 cm³/mol. The summed E-state index contributed by atoms with van der Waals surface area (Å²) in [6.45, 7) is 11.0. The summed E-state index contributed by atoms with van der Waals surface area (Å²) >= 11 is 0. The molecule has 0 fully saturated rings. The Morgan fingerprint density at radius 3 is 1.81 bits per heavy atom. The number of methoxy groups -OCH3 is 1. The molecule has 0 spiro atoms. The van der Waals surface area contributed by atoms with Gasteiger partial charge in [0.05, 0.1) is 12.7 Å². The minimum atomic E-state index is -0.330. The summed E-state index contributed by atoms with van der Waals surface area (Å²) in [6.07, 6.45) is 0.798. The van der Waals surface area contributed by atoms with Crippen molar-refractivity contribution in [2.75, 3.05) is 7.11 Å². The normalized spacial score (nSPS) is 12.5. The monoisotopic (exact) mass is 430 g/mol. The molecule has 0 amide bonds. The van der Waals surface area contributed by atoms with Crippen LogP contribution in [0.1, 0.15) is 68.6 Å². The Morgan fingerprint density at radius 2 is 1.34 bits per heavy atom. The molecule has 0 aliphatic carbocycles. The molecule has 3 aromatic carbocycles. The molecule has 32 heavy (non-hydrogen) atoms. The number of ether oxygens (including phenoxy) is 2. The van der Waals surface area contributed by atoms with Crippen LogP contribution in [-0.2, 0) is 10.2 Å². The lowest BCUT2D eigenvalue weighted by atomic mass is 9.86. The zero-order chi connectivity index (χ0) is 23.3. The zero-order valence-corrected chi connectivity index (χ0v) is 20.0. The smallest absolute Gasteiger partial charge is 0.337 e. The maximum Gasteiger partial charge on any atom is 0.337 e. The van der Waals surface area contributed by atoms with Crippen LogP contribution in [0.4, 0.5) is 0 Å². The van der Waals surface area contributed by atoms with E-state index in [-0.39, 0.29) is 17.5 Å². The lowest BCUT2D eigenvalue weighted by molar-refractivity contribution is 0.0600. The van der Waals surface area contributed by atoms with E-state index in [1.54, 1.807) is 12.1 Å². The van der Waals surface area contributed by atoms with Gasteiger partial charge in [-0.1, -0.05) is 83.1 Å². The van der Waals surface area contributed by atoms with Gasteiger partial charge < -0.3 is 9.47 Å². The molecule has 0 bridgehead atoms. The average molecular weight is 431 g/mol. The quantitative estimate of drug-likeness (QED) is 0.362.